The number of para-hydroxylation sites is 1. The highest BCUT2D eigenvalue weighted by atomic mass is 16.6. The van der Waals surface area contributed by atoms with Gasteiger partial charge >= 0.3 is 6.09 Å². The van der Waals surface area contributed by atoms with Crippen LogP contribution in [0.3, 0.4) is 0 Å². The standard InChI is InChI=1S/C14H20N2O2/c15-10-14(8-4-5-9-14)11-16-13(17)18-12-6-2-1-3-7-12/h1-3,6-7H,4-5,8-11,15H2,(H,16,17). The fourth-order valence-electron chi connectivity index (χ4n) is 2.47. The van der Waals surface area contributed by atoms with Gasteiger partial charge in [-0.05, 0) is 31.5 Å². The average molecular weight is 248 g/mol. The Morgan fingerprint density at radius 2 is 1.94 bits per heavy atom. The van der Waals surface area contributed by atoms with Gasteiger partial charge < -0.3 is 15.8 Å². The summed E-state index contributed by atoms with van der Waals surface area (Å²) < 4.78 is 5.17. The van der Waals surface area contributed by atoms with Gasteiger partial charge in [0.25, 0.3) is 0 Å². The fraction of sp³-hybridized carbons (Fsp3) is 0.500. The minimum Gasteiger partial charge on any atom is -0.410 e. The van der Waals surface area contributed by atoms with Crippen molar-refractivity contribution in [3.63, 3.8) is 0 Å². The molecule has 3 N–H and O–H groups in total. The van der Waals surface area contributed by atoms with Crippen LogP contribution >= 0.6 is 0 Å². The summed E-state index contributed by atoms with van der Waals surface area (Å²) in [5, 5.41) is 2.82. The number of hydrogen-bond donors (Lipinski definition) is 2. The van der Waals surface area contributed by atoms with Crippen LogP contribution in [0.2, 0.25) is 0 Å². The lowest BCUT2D eigenvalue weighted by atomic mass is 9.86. The second-order valence-electron chi connectivity index (χ2n) is 4.97. The van der Waals surface area contributed by atoms with Crippen molar-refractivity contribution in [3.05, 3.63) is 30.3 Å². The van der Waals surface area contributed by atoms with Crippen molar-refractivity contribution in [2.75, 3.05) is 13.1 Å². The van der Waals surface area contributed by atoms with Gasteiger partial charge in [0.05, 0.1) is 0 Å². The van der Waals surface area contributed by atoms with Crippen LogP contribution in [0, 0.1) is 5.41 Å². The van der Waals surface area contributed by atoms with Crippen molar-refractivity contribution in [1.29, 1.82) is 0 Å². The van der Waals surface area contributed by atoms with Crippen LogP contribution in [0.1, 0.15) is 25.7 Å². The molecule has 0 radical (unpaired) electrons. The summed E-state index contributed by atoms with van der Waals surface area (Å²) in [6.07, 6.45) is 4.18. The van der Waals surface area contributed by atoms with Gasteiger partial charge in [-0.1, -0.05) is 31.0 Å². The molecule has 1 fully saturated rings. The van der Waals surface area contributed by atoms with E-state index in [0.29, 0.717) is 18.8 Å². The molecule has 0 atom stereocenters. The molecular formula is C14H20N2O2. The normalized spacial score (nSPS) is 17.4. The van der Waals surface area contributed by atoms with Crippen molar-refractivity contribution in [1.82, 2.24) is 5.32 Å². The fourth-order valence-corrected chi connectivity index (χ4v) is 2.47. The molecule has 0 unspecified atom stereocenters. The Morgan fingerprint density at radius 1 is 1.28 bits per heavy atom. The van der Waals surface area contributed by atoms with Gasteiger partial charge in [-0.2, -0.15) is 0 Å². The first-order valence-electron chi connectivity index (χ1n) is 6.45. The number of carbonyl (C=O) groups excluding carboxylic acids is 1. The molecule has 1 aromatic rings. The first-order valence-corrected chi connectivity index (χ1v) is 6.45. The molecule has 2 rings (SSSR count). The molecule has 98 valence electrons. The maximum Gasteiger partial charge on any atom is 0.412 e. The highest BCUT2D eigenvalue weighted by Gasteiger charge is 2.32. The number of amides is 1. The molecular weight excluding hydrogens is 228 g/mol. The summed E-state index contributed by atoms with van der Waals surface area (Å²) in [5.41, 5.74) is 5.89. The molecule has 1 aliphatic rings. The maximum atomic E-state index is 11.7. The number of benzene rings is 1. The number of nitrogens with one attached hydrogen (secondary N) is 1. The molecule has 0 heterocycles. The molecule has 1 saturated carbocycles. The Bertz CT molecular complexity index is 386. The number of nitrogens with two attached hydrogens (primary N) is 1. The van der Waals surface area contributed by atoms with Gasteiger partial charge in [0.1, 0.15) is 5.75 Å². The summed E-state index contributed by atoms with van der Waals surface area (Å²) in [4.78, 5) is 11.7. The van der Waals surface area contributed by atoms with Gasteiger partial charge in [0, 0.05) is 12.0 Å². The quantitative estimate of drug-likeness (QED) is 0.859. The number of rotatable bonds is 4. The summed E-state index contributed by atoms with van der Waals surface area (Å²) in [5.74, 6) is 0.559. The molecule has 18 heavy (non-hydrogen) atoms. The van der Waals surface area contributed by atoms with Crippen LogP contribution in [0.15, 0.2) is 30.3 Å². The topological polar surface area (TPSA) is 64.3 Å². The largest absolute Gasteiger partial charge is 0.412 e. The third-order valence-corrected chi connectivity index (χ3v) is 3.66. The van der Waals surface area contributed by atoms with E-state index in [-0.39, 0.29) is 5.41 Å². The van der Waals surface area contributed by atoms with Gasteiger partial charge in [-0.3, -0.25) is 0 Å². The molecule has 1 aliphatic carbocycles. The zero-order valence-electron chi connectivity index (χ0n) is 10.5. The lowest BCUT2D eigenvalue weighted by molar-refractivity contribution is 0.190. The lowest BCUT2D eigenvalue weighted by Crippen LogP contribution is -2.41. The Hall–Kier alpha value is -1.55. The van der Waals surface area contributed by atoms with Crippen molar-refractivity contribution in [2.24, 2.45) is 11.1 Å². The molecule has 0 aromatic heterocycles. The van der Waals surface area contributed by atoms with Crippen LogP contribution < -0.4 is 15.8 Å². The van der Waals surface area contributed by atoms with Crippen LogP contribution in [0.25, 0.3) is 0 Å². The van der Waals surface area contributed by atoms with Gasteiger partial charge in [-0.15, -0.1) is 0 Å². The monoisotopic (exact) mass is 248 g/mol. The van der Waals surface area contributed by atoms with Crippen molar-refractivity contribution in [2.45, 2.75) is 25.7 Å². The Morgan fingerprint density at radius 3 is 2.56 bits per heavy atom. The van der Waals surface area contributed by atoms with Crippen molar-refractivity contribution in [3.8, 4) is 5.75 Å². The van der Waals surface area contributed by atoms with E-state index in [1.54, 1.807) is 12.1 Å². The van der Waals surface area contributed by atoms with E-state index in [4.69, 9.17) is 10.5 Å². The van der Waals surface area contributed by atoms with E-state index < -0.39 is 6.09 Å². The summed E-state index contributed by atoms with van der Waals surface area (Å²) >= 11 is 0. The minimum atomic E-state index is -0.402. The van der Waals surface area contributed by atoms with Crippen LogP contribution in [-0.2, 0) is 0 Å². The van der Waals surface area contributed by atoms with Gasteiger partial charge in [-0.25, -0.2) is 4.79 Å². The zero-order chi connectivity index (χ0) is 12.8. The van der Waals surface area contributed by atoms with Gasteiger partial charge in [0.2, 0.25) is 0 Å². The first-order chi connectivity index (χ1) is 8.74. The third-order valence-electron chi connectivity index (χ3n) is 3.66. The third kappa shape index (κ3) is 3.23. The van der Waals surface area contributed by atoms with E-state index in [9.17, 15) is 4.79 Å². The van der Waals surface area contributed by atoms with E-state index >= 15 is 0 Å². The minimum absolute atomic E-state index is 0.0791. The number of hydrogen-bond acceptors (Lipinski definition) is 3. The molecule has 4 nitrogen and oxygen atoms in total. The molecule has 4 heteroatoms. The SMILES string of the molecule is NCC1(CNC(=O)Oc2ccccc2)CCCC1. The Kier molecular flexibility index (Phi) is 4.20. The zero-order valence-corrected chi connectivity index (χ0v) is 10.5. The van der Waals surface area contributed by atoms with Crippen molar-refractivity contribution < 1.29 is 9.53 Å². The summed E-state index contributed by atoms with van der Waals surface area (Å²) in [7, 11) is 0. The van der Waals surface area contributed by atoms with E-state index in [1.165, 1.54) is 12.8 Å². The van der Waals surface area contributed by atoms with Crippen LogP contribution in [0.5, 0.6) is 5.75 Å². The Labute approximate surface area is 108 Å². The highest BCUT2D eigenvalue weighted by Crippen LogP contribution is 2.36. The predicted octanol–water partition coefficient (Wildman–Crippen LogP) is 2.29. The first kappa shape index (κ1) is 12.9. The van der Waals surface area contributed by atoms with E-state index in [0.717, 1.165) is 12.8 Å². The predicted molar refractivity (Wildman–Crippen MR) is 70.4 cm³/mol. The van der Waals surface area contributed by atoms with E-state index in [2.05, 4.69) is 5.32 Å². The summed E-state index contributed by atoms with van der Waals surface area (Å²) in [6.45, 7) is 1.23. The second-order valence-corrected chi connectivity index (χ2v) is 4.97. The number of ether oxygens (including phenoxy) is 1. The molecule has 0 aliphatic heterocycles. The Balaban J connectivity index is 1.81. The highest BCUT2D eigenvalue weighted by molar-refractivity contribution is 5.70. The molecule has 0 saturated heterocycles. The maximum absolute atomic E-state index is 11.7. The van der Waals surface area contributed by atoms with Crippen molar-refractivity contribution >= 4 is 6.09 Å². The van der Waals surface area contributed by atoms with Crippen LogP contribution in [0.4, 0.5) is 4.79 Å². The summed E-state index contributed by atoms with van der Waals surface area (Å²) in [6, 6.07) is 9.07. The van der Waals surface area contributed by atoms with Crippen LogP contribution in [-0.4, -0.2) is 19.2 Å². The molecule has 1 aromatic carbocycles. The molecule has 0 spiro atoms. The smallest absolute Gasteiger partial charge is 0.410 e. The molecule has 1 amide bonds. The average Bonchev–Trinajstić information content (AvgIpc) is 2.87. The molecule has 0 bridgehead atoms. The number of carbonyl (C=O) groups is 1. The second kappa shape index (κ2) is 5.87. The van der Waals surface area contributed by atoms with Gasteiger partial charge in [0.15, 0.2) is 0 Å². The lowest BCUT2D eigenvalue weighted by Gasteiger charge is -2.26. The van der Waals surface area contributed by atoms with E-state index in [1.807, 2.05) is 18.2 Å².